The maximum atomic E-state index is 12.5. The van der Waals surface area contributed by atoms with Gasteiger partial charge in [0.15, 0.2) is 0 Å². The zero-order valence-electron chi connectivity index (χ0n) is 12.0. The van der Waals surface area contributed by atoms with E-state index in [0.29, 0.717) is 0 Å². The van der Waals surface area contributed by atoms with Crippen LogP contribution in [0, 0.1) is 5.41 Å². The lowest BCUT2D eigenvalue weighted by Gasteiger charge is -2.27. The van der Waals surface area contributed by atoms with Gasteiger partial charge in [0.1, 0.15) is 5.01 Å². The number of rotatable bonds is 3. The predicted octanol–water partition coefficient (Wildman–Crippen LogP) is 3.27. The molecule has 21 heavy (non-hydrogen) atoms. The van der Waals surface area contributed by atoms with E-state index in [1.807, 2.05) is 36.6 Å². The first-order valence-corrected chi connectivity index (χ1v) is 8.04. The molecule has 1 aromatic carbocycles. The molecular formula is C16H19N3OS. The SMILES string of the molecule is CC1(C(=O)Nc2ccc(-c3nccs3)cc2)CCCC1N. The number of hydrogen-bond acceptors (Lipinski definition) is 4. The fourth-order valence-corrected chi connectivity index (χ4v) is 3.46. The van der Waals surface area contributed by atoms with E-state index in [4.69, 9.17) is 5.73 Å². The Morgan fingerprint density at radius 3 is 2.76 bits per heavy atom. The zero-order valence-corrected chi connectivity index (χ0v) is 12.8. The largest absolute Gasteiger partial charge is 0.327 e. The highest BCUT2D eigenvalue weighted by molar-refractivity contribution is 7.13. The highest BCUT2D eigenvalue weighted by Gasteiger charge is 2.42. The lowest BCUT2D eigenvalue weighted by Crippen LogP contribution is -2.44. The molecule has 0 aliphatic heterocycles. The van der Waals surface area contributed by atoms with Gasteiger partial charge in [-0.15, -0.1) is 11.3 Å². The Hall–Kier alpha value is -1.72. The summed E-state index contributed by atoms with van der Waals surface area (Å²) in [5.41, 5.74) is 7.51. The van der Waals surface area contributed by atoms with E-state index in [2.05, 4.69) is 10.3 Å². The van der Waals surface area contributed by atoms with Crippen LogP contribution in [0.3, 0.4) is 0 Å². The maximum Gasteiger partial charge on any atom is 0.231 e. The normalized spacial score (nSPS) is 25.0. The number of benzene rings is 1. The monoisotopic (exact) mass is 301 g/mol. The maximum absolute atomic E-state index is 12.5. The summed E-state index contributed by atoms with van der Waals surface area (Å²) in [5.74, 6) is 0.0227. The number of nitrogens with zero attached hydrogens (tertiary/aromatic N) is 1. The predicted molar refractivity (Wildman–Crippen MR) is 86.1 cm³/mol. The molecule has 110 valence electrons. The summed E-state index contributed by atoms with van der Waals surface area (Å²) in [4.78, 5) is 16.7. The highest BCUT2D eigenvalue weighted by atomic mass is 32.1. The second kappa shape index (κ2) is 5.58. The van der Waals surface area contributed by atoms with Crippen LogP contribution in [0.2, 0.25) is 0 Å². The topological polar surface area (TPSA) is 68.0 Å². The zero-order chi connectivity index (χ0) is 14.9. The van der Waals surface area contributed by atoms with E-state index < -0.39 is 5.41 Å². The quantitative estimate of drug-likeness (QED) is 0.914. The van der Waals surface area contributed by atoms with Crippen molar-refractivity contribution in [1.82, 2.24) is 4.98 Å². The molecular weight excluding hydrogens is 282 g/mol. The number of aromatic nitrogens is 1. The second-order valence-corrected chi connectivity index (χ2v) is 6.68. The molecule has 1 saturated carbocycles. The summed E-state index contributed by atoms with van der Waals surface area (Å²) < 4.78 is 0. The van der Waals surface area contributed by atoms with E-state index in [1.54, 1.807) is 17.5 Å². The summed E-state index contributed by atoms with van der Waals surface area (Å²) in [5, 5.41) is 5.93. The molecule has 0 spiro atoms. The van der Waals surface area contributed by atoms with Gasteiger partial charge in [-0.2, -0.15) is 0 Å². The van der Waals surface area contributed by atoms with Crippen molar-refractivity contribution >= 4 is 22.9 Å². The number of nitrogens with two attached hydrogens (primary N) is 1. The lowest BCUT2D eigenvalue weighted by molar-refractivity contribution is -0.125. The van der Waals surface area contributed by atoms with Crippen molar-refractivity contribution in [2.24, 2.45) is 11.1 Å². The van der Waals surface area contributed by atoms with Crippen LogP contribution in [0.5, 0.6) is 0 Å². The summed E-state index contributed by atoms with van der Waals surface area (Å²) in [6.45, 7) is 1.96. The van der Waals surface area contributed by atoms with E-state index in [9.17, 15) is 4.79 Å². The third-order valence-corrected chi connectivity index (χ3v) is 5.19. The Labute approximate surface area is 128 Å². The van der Waals surface area contributed by atoms with Gasteiger partial charge in [0.05, 0.1) is 5.41 Å². The number of carbonyl (C=O) groups excluding carboxylic acids is 1. The van der Waals surface area contributed by atoms with Crippen molar-refractivity contribution < 1.29 is 4.79 Å². The number of anilines is 1. The highest BCUT2D eigenvalue weighted by Crippen LogP contribution is 2.37. The number of carbonyl (C=O) groups is 1. The summed E-state index contributed by atoms with van der Waals surface area (Å²) in [6.07, 6.45) is 4.59. The van der Waals surface area contributed by atoms with Crippen molar-refractivity contribution in [3.63, 3.8) is 0 Å². The van der Waals surface area contributed by atoms with Crippen LogP contribution in [-0.4, -0.2) is 16.9 Å². The first-order valence-electron chi connectivity index (χ1n) is 7.16. The summed E-state index contributed by atoms with van der Waals surface area (Å²) >= 11 is 1.60. The fourth-order valence-electron chi connectivity index (χ4n) is 2.81. The Bertz CT molecular complexity index is 623. The molecule has 5 heteroatoms. The molecule has 2 atom stereocenters. The van der Waals surface area contributed by atoms with E-state index in [0.717, 1.165) is 35.5 Å². The number of hydrogen-bond donors (Lipinski definition) is 2. The van der Waals surface area contributed by atoms with Gasteiger partial charge in [-0.25, -0.2) is 4.98 Å². The van der Waals surface area contributed by atoms with Crippen molar-refractivity contribution in [2.75, 3.05) is 5.32 Å². The van der Waals surface area contributed by atoms with Gasteiger partial charge in [0, 0.05) is 28.9 Å². The molecule has 1 aromatic heterocycles. The molecule has 1 aliphatic rings. The van der Waals surface area contributed by atoms with Crippen LogP contribution >= 0.6 is 11.3 Å². The molecule has 3 N–H and O–H groups in total. The van der Waals surface area contributed by atoms with Crippen LogP contribution in [-0.2, 0) is 4.79 Å². The van der Waals surface area contributed by atoms with Crippen LogP contribution in [0.25, 0.3) is 10.6 Å². The minimum atomic E-state index is -0.450. The van der Waals surface area contributed by atoms with E-state index in [1.165, 1.54) is 0 Å². The first-order chi connectivity index (χ1) is 10.1. The van der Waals surface area contributed by atoms with Crippen molar-refractivity contribution in [1.29, 1.82) is 0 Å². The molecule has 1 amide bonds. The third-order valence-electron chi connectivity index (χ3n) is 4.37. The molecule has 1 heterocycles. The van der Waals surface area contributed by atoms with Crippen LogP contribution in [0.15, 0.2) is 35.8 Å². The van der Waals surface area contributed by atoms with Crippen LogP contribution in [0.1, 0.15) is 26.2 Å². The second-order valence-electron chi connectivity index (χ2n) is 5.78. The minimum Gasteiger partial charge on any atom is -0.327 e. The molecule has 2 unspecified atom stereocenters. The van der Waals surface area contributed by atoms with E-state index >= 15 is 0 Å². The molecule has 4 nitrogen and oxygen atoms in total. The molecule has 0 radical (unpaired) electrons. The van der Waals surface area contributed by atoms with Gasteiger partial charge in [0.2, 0.25) is 5.91 Å². The molecule has 0 saturated heterocycles. The van der Waals surface area contributed by atoms with Crippen LogP contribution < -0.4 is 11.1 Å². The van der Waals surface area contributed by atoms with Gasteiger partial charge < -0.3 is 11.1 Å². The third kappa shape index (κ3) is 2.71. The average molecular weight is 301 g/mol. The standard InChI is InChI=1S/C16H19N3OS/c1-16(8-2-3-13(16)17)15(20)19-12-6-4-11(5-7-12)14-18-9-10-21-14/h4-7,9-10,13H,2-3,8,17H2,1H3,(H,19,20). The Morgan fingerprint density at radius 2 is 2.19 bits per heavy atom. The van der Waals surface area contributed by atoms with Crippen molar-refractivity contribution in [2.45, 2.75) is 32.2 Å². The van der Waals surface area contributed by atoms with Crippen LogP contribution in [0.4, 0.5) is 5.69 Å². The lowest BCUT2D eigenvalue weighted by atomic mass is 9.84. The van der Waals surface area contributed by atoms with Crippen molar-refractivity contribution in [3.8, 4) is 10.6 Å². The van der Waals surface area contributed by atoms with Gasteiger partial charge in [0.25, 0.3) is 0 Å². The number of amides is 1. The van der Waals surface area contributed by atoms with Gasteiger partial charge >= 0.3 is 0 Å². The molecule has 0 bridgehead atoms. The Kier molecular flexibility index (Phi) is 3.78. The van der Waals surface area contributed by atoms with Gasteiger partial charge in [-0.3, -0.25) is 4.79 Å². The fraction of sp³-hybridized carbons (Fsp3) is 0.375. The smallest absolute Gasteiger partial charge is 0.231 e. The summed E-state index contributed by atoms with van der Waals surface area (Å²) in [7, 11) is 0. The molecule has 1 aliphatic carbocycles. The molecule has 2 aromatic rings. The Morgan fingerprint density at radius 1 is 1.43 bits per heavy atom. The first kappa shape index (κ1) is 14.2. The molecule has 1 fully saturated rings. The van der Waals surface area contributed by atoms with Crippen molar-refractivity contribution in [3.05, 3.63) is 35.8 Å². The number of thiazole rings is 1. The number of nitrogens with one attached hydrogen (secondary N) is 1. The van der Waals surface area contributed by atoms with Gasteiger partial charge in [-0.1, -0.05) is 6.42 Å². The summed E-state index contributed by atoms with van der Waals surface area (Å²) in [6, 6.07) is 7.74. The van der Waals surface area contributed by atoms with Gasteiger partial charge in [-0.05, 0) is 44.0 Å². The van der Waals surface area contributed by atoms with E-state index in [-0.39, 0.29) is 11.9 Å². The minimum absolute atomic E-state index is 0.0227. The molecule has 3 rings (SSSR count). The average Bonchev–Trinajstić information content (AvgIpc) is 3.12. The Balaban J connectivity index is 1.72.